The summed E-state index contributed by atoms with van der Waals surface area (Å²) in [6.45, 7) is 3.56. The Morgan fingerprint density at radius 3 is 2.45 bits per heavy atom. The molecule has 2 heterocycles. The second-order valence-corrected chi connectivity index (χ2v) is 4.67. The van der Waals surface area contributed by atoms with E-state index in [0.717, 1.165) is 25.1 Å². The van der Waals surface area contributed by atoms with Gasteiger partial charge in [0.15, 0.2) is 0 Å². The van der Waals surface area contributed by atoms with E-state index in [1.54, 1.807) is 4.68 Å². The van der Waals surface area contributed by atoms with E-state index in [-0.39, 0.29) is 5.28 Å². The van der Waals surface area contributed by atoms with Crippen LogP contribution in [0, 0.1) is 0 Å². The molecule has 0 saturated heterocycles. The number of nitrogens with one attached hydrogen (secondary N) is 2. The van der Waals surface area contributed by atoms with E-state index in [1.165, 1.54) is 0 Å². The molecular weight excluding hydrogens is 278 g/mol. The average molecular weight is 296 g/mol. The normalized spacial score (nSPS) is 10.6. The summed E-state index contributed by atoms with van der Waals surface area (Å²) in [5.74, 6) is 0.965. The quantitative estimate of drug-likeness (QED) is 0.810. The SMILES string of the molecule is CCCNc1nc(Cl)nc(NCCc2ccn(C)n2)n1. The van der Waals surface area contributed by atoms with Gasteiger partial charge in [-0.25, -0.2) is 0 Å². The number of hydrogen-bond acceptors (Lipinski definition) is 6. The van der Waals surface area contributed by atoms with Crippen molar-refractivity contribution < 1.29 is 0 Å². The zero-order chi connectivity index (χ0) is 14.4. The molecule has 20 heavy (non-hydrogen) atoms. The first-order chi connectivity index (χ1) is 9.67. The Bertz CT molecular complexity index is 554. The van der Waals surface area contributed by atoms with Gasteiger partial charge in [0.2, 0.25) is 17.2 Å². The zero-order valence-electron chi connectivity index (χ0n) is 11.6. The van der Waals surface area contributed by atoms with Crippen LogP contribution in [-0.2, 0) is 13.5 Å². The van der Waals surface area contributed by atoms with Crippen LogP contribution in [0.5, 0.6) is 0 Å². The molecule has 0 radical (unpaired) electrons. The molecular formula is C12H18ClN7. The second-order valence-electron chi connectivity index (χ2n) is 4.34. The number of anilines is 2. The van der Waals surface area contributed by atoms with Gasteiger partial charge in [0, 0.05) is 32.8 Å². The maximum atomic E-state index is 5.87. The van der Waals surface area contributed by atoms with Crippen LogP contribution in [0.3, 0.4) is 0 Å². The molecule has 0 aromatic carbocycles. The molecule has 8 heteroatoms. The molecule has 0 bridgehead atoms. The van der Waals surface area contributed by atoms with Crippen LogP contribution in [0.4, 0.5) is 11.9 Å². The fourth-order valence-electron chi connectivity index (χ4n) is 1.64. The Morgan fingerprint density at radius 2 is 1.85 bits per heavy atom. The highest BCUT2D eigenvalue weighted by molar-refractivity contribution is 6.28. The lowest BCUT2D eigenvalue weighted by atomic mass is 10.3. The maximum Gasteiger partial charge on any atom is 0.228 e. The fourth-order valence-corrected chi connectivity index (χ4v) is 1.80. The molecule has 7 nitrogen and oxygen atoms in total. The van der Waals surface area contributed by atoms with Crippen molar-refractivity contribution in [1.29, 1.82) is 0 Å². The highest BCUT2D eigenvalue weighted by Gasteiger charge is 2.04. The first-order valence-corrected chi connectivity index (χ1v) is 6.93. The molecule has 0 fully saturated rings. The third-order valence-corrected chi connectivity index (χ3v) is 2.74. The summed E-state index contributed by atoms with van der Waals surface area (Å²) in [5, 5.41) is 10.7. The van der Waals surface area contributed by atoms with Gasteiger partial charge in [0.1, 0.15) is 0 Å². The minimum absolute atomic E-state index is 0.180. The van der Waals surface area contributed by atoms with Crippen molar-refractivity contribution in [3.63, 3.8) is 0 Å². The number of aryl methyl sites for hydroxylation is 1. The van der Waals surface area contributed by atoms with Crippen LogP contribution in [0.1, 0.15) is 19.0 Å². The second kappa shape index (κ2) is 7.04. The van der Waals surface area contributed by atoms with E-state index in [4.69, 9.17) is 11.6 Å². The van der Waals surface area contributed by atoms with Crippen molar-refractivity contribution in [1.82, 2.24) is 24.7 Å². The number of nitrogens with zero attached hydrogens (tertiary/aromatic N) is 5. The van der Waals surface area contributed by atoms with Crippen molar-refractivity contribution in [2.45, 2.75) is 19.8 Å². The highest BCUT2D eigenvalue weighted by atomic mass is 35.5. The topological polar surface area (TPSA) is 80.5 Å². The fraction of sp³-hybridized carbons (Fsp3) is 0.500. The molecule has 2 rings (SSSR count). The molecule has 0 saturated carbocycles. The molecule has 2 aromatic heterocycles. The standard InChI is InChI=1S/C12H18ClN7/c1-3-6-14-11-16-10(13)17-12(18-11)15-7-4-9-5-8-20(2)19-9/h5,8H,3-4,6-7H2,1-2H3,(H2,14,15,16,17,18). The summed E-state index contributed by atoms with van der Waals surface area (Å²) >= 11 is 5.87. The molecule has 0 spiro atoms. The Labute approximate surface area is 122 Å². The largest absolute Gasteiger partial charge is 0.354 e. The first-order valence-electron chi connectivity index (χ1n) is 6.55. The summed E-state index contributed by atoms with van der Waals surface area (Å²) < 4.78 is 1.78. The van der Waals surface area contributed by atoms with E-state index in [1.807, 2.05) is 19.3 Å². The third-order valence-electron chi connectivity index (χ3n) is 2.57. The van der Waals surface area contributed by atoms with Gasteiger partial charge in [0.25, 0.3) is 0 Å². The highest BCUT2D eigenvalue weighted by Crippen LogP contribution is 2.09. The summed E-state index contributed by atoms with van der Waals surface area (Å²) in [5.41, 5.74) is 1.02. The van der Waals surface area contributed by atoms with Gasteiger partial charge in [-0.3, -0.25) is 4.68 Å². The Balaban J connectivity index is 1.89. The van der Waals surface area contributed by atoms with Gasteiger partial charge in [-0.1, -0.05) is 6.92 Å². The lowest BCUT2D eigenvalue weighted by molar-refractivity contribution is 0.741. The maximum absolute atomic E-state index is 5.87. The molecule has 2 aromatic rings. The van der Waals surface area contributed by atoms with Gasteiger partial charge in [-0.15, -0.1) is 0 Å². The third kappa shape index (κ3) is 4.34. The monoisotopic (exact) mass is 295 g/mol. The molecule has 0 amide bonds. The summed E-state index contributed by atoms with van der Waals surface area (Å²) in [6.07, 6.45) is 3.70. The van der Waals surface area contributed by atoms with Crippen molar-refractivity contribution in [2.75, 3.05) is 23.7 Å². The van der Waals surface area contributed by atoms with E-state index in [0.29, 0.717) is 18.4 Å². The molecule has 0 aliphatic rings. The van der Waals surface area contributed by atoms with Crippen LogP contribution in [0.15, 0.2) is 12.3 Å². The predicted octanol–water partition coefficient (Wildman–Crippen LogP) is 1.73. The van der Waals surface area contributed by atoms with Crippen molar-refractivity contribution in [3.8, 4) is 0 Å². The Kier molecular flexibility index (Phi) is 5.11. The predicted molar refractivity (Wildman–Crippen MR) is 79.0 cm³/mol. The van der Waals surface area contributed by atoms with Crippen molar-refractivity contribution in [3.05, 3.63) is 23.2 Å². The summed E-state index contributed by atoms with van der Waals surface area (Å²) in [6, 6.07) is 1.98. The minimum Gasteiger partial charge on any atom is -0.354 e. The van der Waals surface area contributed by atoms with Crippen LogP contribution in [0.25, 0.3) is 0 Å². The van der Waals surface area contributed by atoms with Gasteiger partial charge in [-0.05, 0) is 24.1 Å². The van der Waals surface area contributed by atoms with Crippen molar-refractivity contribution >= 4 is 23.5 Å². The molecule has 2 N–H and O–H groups in total. The van der Waals surface area contributed by atoms with Gasteiger partial charge in [0.05, 0.1) is 5.69 Å². The van der Waals surface area contributed by atoms with Crippen LogP contribution in [0.2, 0.25) is 5.28 Å². The number of halogens is 1. The van der Waals surface area contributed by atoms with Crippen LogP contribution in [-0.4, -0.2) is 37.8 Å². The van der Waals surface area contributed by atoms with Gasteiger partial charge >= 0.3 is 0 Å². The summed E-state index contributed by atoms with van der Waals surface area (Å²) in [4.78, 5) is 12.3. The summed E-state index contributed by atoms with van der Waals surface area (Å²) in [7, 11) is 1.90. The van der Waals surface area contributed by atoms with Gasteiger partial charge in [-0.2, -0.15) is 20.1 Å². The Hall–Kier alpha value is -1.89. The molecule has 0 aliphatic heterocycles. The lowest BCUT2D eigenvalue weighted by Crippen LogP contribution is -2.12. The van der Waals surface area contributed by atoms with E-state index >= 15 is 0 Å². The first kappa shape index (κ1) is 14.5. The van der Waals surface area contributed by atoms with Crippen LogP contribution >= 0.6 is 11.6 Å². The number of aromatic nitrogens is 5. The zero-order valence-corrected chi connectivity index (χ0v) is 12.4. The molecule has 0 aliphatic carbocycles. The lowest BCUT2D eigenvalue weighted by Gasteiger charge is -2.07. The molecule has 0 atom stereocenters. The van der Waals surface area contributed by atoms with Crippen LogP contribution < -0.4 is 10.6 Å². The molecule has 0 unspecified atom stereocenters. The Morgan fingerprint density at radius 1 is 1.15 bits per heavy atom. The van der Waals surface area contributed by atoms with E-state index in [2.05, 4.69) is 37.6 Å². The van der Waals surface area contributed by atoms with Crippen molar-refractivity contribution in [2.24, 2.45) is 7.05 Å². The average Bonchev–Trinajstić information content (AvgIpc) is 2.81. The smallest absolute Gasteiger partial charge is 0.228 e. The minimum atomic E-state index is 0.180. The van der Waals surface area contributed by atoms with E-state index < -0.39 is 0 Å². The van der Waals surface area contributed by atoms with Gasteiger partial charge < -0.3 is 10.6 Å². The number of rotatable bonds is 7. The number of hydrogen-bond donors (Lipinski definition) is 2. The molecule has 108 valence electrons. The van der Waals surface area contributed by atoms with E-state index in [9.17, 15) is 0 Å².